The fourth-order valence-corrected chi connectivity index (χ4v) is 3.32. The fourth-order valence-electron chi connectivity index (χ4n) is 2.29. The Balaban J connectivity index is 2.19. The van der Waals surface area contributed by atoms with Crippen molar-refractivity contribution >= 4 is 16.5 Å². The third-order valence-corrected chi connectivity index (χ3v) is 4.34. The third-order valence-electron chi connectivity index (χ3n) is 2.92. The number of hydrogen-bond acceptors (Lipinski definition) is 5. The van der Waals surface area contributed by atoms with Gasteiger partial charge in [0.2, 0.25) is 0 Å². The molecule has 2 rings (SSSR count). The SMILES string of the molecule is Cc1nc(N2CC(C)OC(C)C2)sc1C(C)N. The maximum Gasteiger partial charge on any atom is 0.186 e. The molecule has 96 valence electrons. The number of aromatic nitrogens is 1. The van der Waals surface area contributed by atoms with Gasteiger partial charge in [-0.1, -0.05) is 0 Å². The summed E-state index contributed by atoms with van der Waals surface area (Å²) in [7, 11) is 0. The molecule has 3 unspecified atom stereocenters. The van der Waals surface area contributed by atoms with Crippen LogP contribution in [0.1, 0.15) is 37.4 Å². The smallest absolute Gasteiger partial charge is 0.186 e. The molecule has 17 heavy (non-hydrogen) atoms. The van der Waals surface area contributed by atoms with Crippen LogP contribution in [0.2, 0.25) is 0 Å². The van der Waals surface area contributed by atoms with Gasteiger partial charge in [0.1, 0.15) is 0 Å². The second kappa shape index (κ2) is 4.92. The molecule has 1 aromatic rings. The highest BCUT2D eigenvalue weighted by atomic mass is 32.1. The molecule has 1 fully saturated rings. The van der Waals surface area contributed by atoms with Gasteiger partial charge in [-0.3, -0.25) is 0 Å². The van der Waals surface area contributed by atoms with Crippen LogP contribution in [-0.2, 0) is 4.74 Å². The number of ether oxygens (including phenoxy) is 1. The normalized spacial score (nSPS) is 27.2. The monoisotopic (exact) mass is 255 g/mol. The van der Waals surface area contributed by atoms with Gasteiger partial charge < -0.3 is 15.4 Å². The Morgan fingerprint density at radius 2 is 2.00 bits per heavy atom. The van der Waals surface area contributed by atoms with E-state index in [-0.39, 0.29) is 18.2 Å². The first-order valence-electron chi connectivity index (χ1n) is 6.10. The topological polar surface area (TPSA) is 51.4 Å². The Bertz CT molecular complexity index is 381. The van der Waals surface area contributed by atoms with Gasteiger partial charge in [-0.25, -0.2) is 4.98 Å². The lowest BCUT2D eigenvalue weighted by Crippen LogP contribution is -2.45. The second-order valence-corrected chi connectivity index (χ2v) is 5.91. The molecule has 0 spiro atoms. The molecule has 0 radical (unpaired) electrons. The van der Waals surface area contributed by atoms with E-state index < -0.39 is 0 Å². The summed E-state index contributed by atoms with van der Waals surface area (Å²) >= 11 is 1.71. The van der Waals surface area contributed by atoms with E-state index in [9.17, 15) is 0 Å². The van der Waals surface area contributed by atoms with E-state index in [0.29, 0.717) is 0 Å². The number of hydrogen-bond donors (Lipinski definition) is 1. The van der Waals surface area contributed by atoms with Crippen LogP contribution in [0.25, 0.3) is 0 Å². The van der Waals surface area contributed by atoms with Crippen molar-refractivity contribution in [3.8, 4) is 0 Å². The van der Waals surface area contributed by atoms with Crippen molar-refractivity contribution < 1.29 is 4.74 Å². The van der Waals surface area contributed by atoms with Crippen LogP contribution in [-0.4, -0.2) is 30.3 Å². The second-order valence-electron chi connectivity index (χ2n) is 4.90. The summed E-state index contributed by atoms with van der Waals surface area (Å²) in [6, 6.07) is 0.0668. The average Bonchev–Trinajstić information content (AvgIpc) is 2.59. The van der Waals surface area contributed by atoms with Gasteiger partial charge in [-0.05, 0) is 27.7 Å². The van der Waals surface area contributed by atoms with Crippen LogP contribution in [0.5, 0.6) is 0 Å². The zero-order chi connectivity index (χ0) is 12.6. The Morgan fingerprint density at radius 3 is 2.47 bits per heavy atom. The number of nitrogens with zero attached hydrogens (tertiary/aromatic N) is 2. The minimum absolute atomic E-state index is 0.0668. The highest BCUT2D eigenvalue weighted by Crippen LogP contribution is 2.31. The van der Waals surface area contributed by atoms with Crippen LogP contribution in [0.3, 0.4) is 0 Å². The number of thiazole rings is 1. The van der Waals surface area contributed by atoms with Crippen molar-refractivity contribution in [1.82, 2.24) is 4.98 Å². The zero-order valence-electron chi connectivity index (χ0n) is 10.9. The van der Waals surface area contributed by atoms with Crippen molar-refractivity contribution in [3.63, 3.8) is 0 Å². The summed E-state index contributed by atoms with van der Waals surface area (Å²) in [5.41, 5.74) is 7.00. The van der Waals surface area contributed by atoms with Crippen molar-refractivity contribution in [2.24, 2.45) is 5.73 Å². The average molecular weight is 255 g/mol. The van der Waals surface area contributed by atoms with Gasteiger partial charge in [0.05, 0.1) is 17.9 Å². The maximum atomic E-state index is 5.94. The van der Waals surface area contributed by atoms with E-state index in [1.54, 1.807) is 11.3 Å². The number of morpholine rings is 1. The van der Waals surface area contributed by atoms with E-state index in [1.807, 2.05) is 13.8 Å². The predicted molar refractivity (Wildman–Crippen MR) is 71.7 cm³/mol. The highest BCUT2D eigenvalue weighted by molar-refractivity contribution is 7.15. The number of rotatable bonds is 2. The Labute approximate surface area is 107 Å². The van der Waals surface area contributed by atoms with Crippen LogP contribution in [0, 0.1) is 6.92 Å². The molecule has 0 saturated carbocycles. The van der Waals surface area contributed by atoms with Crippen LogP contribution in [0.15, 0.2) is 0 Å². The summed E-state index contributed by atoms with van der Waals surface area (Å²) in [4.78, 5) is 8.13. The summed E-state index contributed by atoms with van der Waals surface area (Å²) < 4.78 is 5.73. The zero-order valence-corrected chi connectivity index (χ0v) is 11.8. The summed E-state index contributed by atoms with van der Waals surface area (Å²) in [6.07, 6.45) is 0.531. The highest BCUT2D eigenvalue weighted by Gasteiger charge is 2.25. The van der Waals surface area contributed by atoms with Crippen molar-refractivity contribution in [3.05, 3.63) is 10.6 Å². The molecule has 2 heterocycles. The van der Waals surface area contributed by atoms with E-state index >= 15 is 0 Å². The van der Waals surface area contributed by atoms with Gasteiger partial charge in [0, 0.05) is 24.0 Å². The molecule has 5 heteroatoms. The molecule has 4 nitrogen and oxygen atoms in total. The quantitative estimate of drug-likeness (QED) is 0.879. The Morgan fingerprint density at radius 1 is 1.41 bits per heavy atom. The minimum atomic E-state index is 0.0668. The summed E-state index contributed by atoms with van der Waals surface area (Å²) in [5, 5.41) is 1.08. The van der Waals surface area contributed by atoms with Crippen molar-refractivity contribution in [1.29, 1.82) is 0 Å². The van der Waals surface area contributed by atoms with Crippen LogP contribution in [0.4, 0.5) is 5.13 Å². The molecule has 1 aliphatic rings. The number of anilines is 1. The molecule has 0 bridgehead atoms. The van der Waals surface area contributed by atoms with Crippen molar-refractivity contribution in [2.75, 3.05) is 18.0 Å². The lowest BCUT2D eigenvalue weighted by molar-refractivity contribution is -0.00523. The van der Waals surface area contributed by atoms with E-state index in [0.717, 1.165) is 23.9 Å². The Hall–Kier alpha value is -0.650. The molecule has 0 aliphatic carbocycles. The minimum Gasteiger partial charge on any atom is -0.372 e. The Kier molecular flexibility index (Phi) is 3.70. The van der Waals surface area contributed by atoms with E-state index in [2.05, 4.69) is 23.7 Å². The van der Waals surface area contributed by atoms with Gasteiger partial charge in [-0.15, -0.1) is 11.3 Å². The molecular formula is C12H21N3OS. The molecule has 0 aromatic carbocycles. The first-order chi connectivity index (χ1) is 7.97. The molecule has 1 saturated heterocycles. The lowest BCUT2D eigenvalue weighted by atomic mass is 10.2. The largest absolute Gasteiger partial charge is 0.372 e. The van der Waals surface area contributed by atoms with E-state index in [4.69, 9.17) is 10.5 Å². The molecule has 0 amide bonds. The van der Waals surface area contributed by atoms with Crippen molar-refractivity contribution in [2.45, 2.75) is 45.9 Å². The van der Waals surface area contributed by atoms with E-state index in [1.165, 1.54) is 4.88 Å². The van der Waals surface area contributed by atoms with Gasteiger partial charge in [0.15, 0.2) is 5.13 Å². The molecule has 3 atom stereocenters. The van der Waals surface area contributed by atoms with Gasteiger partial charge in [0.25, 0.3) is 0 Å². The first kappa shape index (κ1) is 12.8. The van der Waals surface area contributed by atoms with Gasteiger partial charge in [-0.2, -0.15) is 0 Å². The van der Waals surface area contributed by atoms with Crippen LogP contribution >= 0.6 is 11.3 Å². The number of aryl methyl sites for hydroxylation is 1. The first-order valence-corrected chi connectivity index (χ1v) is 6.92. The number of nitrogens with two attached hydrogens (primary N) is 1. The summed E-state index contributed by atoms with van der Waals surface area (Å²) in [6.45, 7) is 10.1. The van der Waals surface area contributed by atoms with Gasteiger partial charge >= 0.3 is 0 Å². The summed E-state index contributed by atoms with van der Waals surface area (Å²) in [5.74, 6) is 0. The molecule has 1 aliphatic heterocycles. The standard InChI is InChI=1S/C12H21N3OS/c1-7-5-15(6-8(2)16-7)12-14-10(4)11(17-12)9(3)13/h7-9H,5-6,13H2,1-4H3. The fraction of sp³-hybridized carbons (Fsp3) is 0.750. The molecule has 2 N–H and O–H groups in total. The maximum absolute atomic E-state index is 5.94. The third kappa shape index (κ3) is 2.78. The predicted octanol–water partition coefficient (Wildman–Crippen LogP) is 2.08. The molecule has 1 aromatic heterocycles. The molecular weight excluding hydrogens is 234 g/mol. The van der Waals surface area contributed by atoms with Crippen LogP contribution < -0.4 is 10.6 Å². The lowest BCUT2D eigenvalue weighted by Gasteiger charge is -2.35.